The smallest absolute Gasteiger partial charge is 0.337 e. The van der Waals surface area contributed by atoms with Crippen LogP contribution in [0.2, 0.25) is 0 Å². The molecule has 0 unspecified atom stereocenters. The molecule has 9 nitrogen and oxygen atoms in total. The fourth-order valence-corrected chi connectivity index (χ4v) is 4.44. The van der Waals surface area contributed by atoms with Crippen molar-refractivity contribution in [3.8, 4) is 17.0 Å². The molecule has 4 rings (SSSR count). The van der Waals surface area contributed by atoms with E-state index in [-0.39, 0.29) is 17.0 Å². The van der Waals surface area contributed by atoms with Gasteiger partial charge < -0.3 is 19.9 Å². The molecule has 0 fully saturated rings. The number of amides is 1. The quantitative estimate of drug-likeness (QED) is 0.502. The van der Waals surface area contributed by atoms with Gasteiger partial charge >= 0.3 is 5.97 Å². The number of benzene rings is 1. The maximum absolute atomic E-state index is 15.3. The minimum Gasteiger partial charge on any atom is -0.490 e. The van der Waals surface area contributed by atoms with Gasteiger partial charge in [-0.15, -0.1) is 0 Å². The van der Waals surface area contributed by atoms with E-state index >= 15 is 4.39 Å². The summed E-state index contributed by atoms with van der Waals surface area (Å²) >= 11 is 0. The minimum atomic E-state index is -1.41. The molecule has 2 N–H and O–H groups in total. The molecule has 200 valence electrons. The molecule has 0 saturated carbocycles. The molecule has 37 heavy (non-hydrogen) atoms. The maximum Gasteiger partial charge on any atom is 0.337 e. The first-order chi connectivity index (χ1) is 17.4. The number of fused-ring (bicyclic) bond motifs is 2. The highest BCUT2D eigenvalue weighted by molar-refractivity contribution is 5.93. The summed E-state index contributed by atoms with van der Waals surface area (Å²) < 4.78 is 28.2. The molecular weight excluding hydrogens is 479 g/mol. The molecule has 3 aromatic rings. The van der Waals surface area contributed by atoms with Crippen molar-refractivity contribution >= 4 is 17.5 Å². The van der Waals surface area contributed by atoms with Crippen LogP contribution >= 0.6 is 0 Å². The van der Waals surface area contributed by atoms with E-state index in [2.05, 4.69) is 15.4 Å². The Morgan fingerprint density at radius 3 is 2.51 bits per heavy atom. The second-order valence-corrected chi connectivity index (χ2v) is 9.58. The van der Waals surface area contributed by atoms with E-state index in [1.54, 1.807) is 27.7 Å². The Kier molecular flexibility index (Phi) is 8.22. The number of hydrogen-bond acceptors (Lipinski definition) is 6. The first kappa shape index (κ1) is 28.0. The van der Waals surface area contributed by atoms with Crippen molar-refractivity contribution in [2.45, 2.75) is 73.0 Å². The average Bonchev–Trinajstić information content (AvgIpc) is 3.28. The van der Waals surface area contributed by atoms with Gasteiger partial charge in [0.15, 0.2) is 29.0 Å². The molecule has 0 bridgehead atoms. The zero-order valence-electron chi connectivity index (χ0n) is 22.7. The summed E-state index contributed by atoms with van der Waals surface area (Å²) in [6, 6.07) is 2.83. The summed E-state index contributed by atoms with van der Waals surface area (Å²) in [6.07, 6.45) is -0.0518. The van der Waals surface area contributed by atoms with Crippen LogP contribution in [-0.2, 0) is 16.0 Å². The molecule has 1 aromatic carbocycles. The van der Waals surface area contributed by atoms with Gasteiger partial charge in [-0.25, -0.2) is 18.7 Å². The Labute approximate surface area is 216 Å². The molecule has 0 saturated heterocycles. The van der Waals surface area contributed by atoms with Crippen molar-refractivity contribution in [3.63, 3.8) is 0 Å². The number of aliphatic carboxylic acids is 1. The van der Waals surface area contributed by atoms with Gasteiger partial charge in [-0.3, -0.25) is 4.79 Å². The molecule has 1 aliphatic heterocycles. The van der Waals surface area contributed by atoms with E-state index in [0.29, 0.717) is 35.6 Å². The number of carbonyl (C=O) groups excluding carboxylic acids is 1. The highest BCUT2D eigenvalue weighted by Gasteiger charge is 2.34. The third-order valence-electron chi connectivity index (χ3n) is 5.94. The van der Waals surface area contributed by atoms with Gasteiger partial charge in [0.05, 0.1) is 17.9 Å². The molecule has 0 radical (unpaired) electrons. The molecule has 2 aromatic heterocycles. The zero-order valence-corrected chi connectivity index (χ0v) is 22.7. The standard InChI is InChI=1S/C25H29FN4O5.C2H6/c1-12-14-8-7-9-34-21(14)16(26)10-15(12)20-19(22(24(32)33)35-25(3,4)5)13(2)28-18-11-17(23(31)27-6)29-30(18)20;1-2/h10-11,22H,7-9H2,1-6H3,(H,27,31)(H,32,33);1-2H3/t22-;/m0./s1. The number of halogens is 1. The monoisotopic (exact) mass is 514 g/mol. The highest BCUT2D eigenvalue weighted by atomic mass is 19.1. The largest absolute Gasteiger partial charge is 0.490 e. The van der Waals surface area contributed by atoms with Gasteiger partial charge in [-0.2, -0.15) is 5.10 Å². The van der Waals surface area contributed by atoms with Crippen LogP contribution in [0, 0.1) is 19.7 Å². The topological polar surface area (TPSA) is 115 Å². The van der Waals surface area contributed by atoms with E-state index < -0.39 is 29.4 Å². The lowest BCUT2D eigenvalue weighted by Crippen LogP contribution is -2.29. The van der Waals surface area contributed by atoms with Crippen LogP contribution in [-0.4, -0.2) is 50.8 Å². The Balaban J connectivity index is 0.00000186. The highest BCUT2D eigenvalue weighted by Crippen LogP contribution is 2.41. The van der Waals surface area contributed by atoms with Gasteiger partial charge in [0.2, 0.25) is 0 Å². The number of ether oxygens (including phenoxy) is 2. The van der Waals surface area contributed by atoms with Gasteiger partial charge in [0.25, 0.3) is 5.91 Å². The predicted octanol–water partition coefficient (Wildman–Crippen LogP) is 4.80. The summed E-state index contributed by atoms with van der Waals surface area (Å²) in [6.45, 7) is 13.2. The molecule has 0 aliphatic carbocycles. The number of nitrogens with zero attached hydrogens (tertiary/aromatic N) is 3. The average molecular weight is 515 g/mol. The zero-order chi connectivity index (χ0) is 27.7. The molecule has 0 spiro atoms. The summed E-state index contributed by atoms with van der Waals surface area (Å²) in [7, 11) is 1.48. The number of carboxylic acid groups (broad SMARTS) is 1. The van der Waals surface area contributed by atoms with Crippen molar-refractivity contribution in [1.82, 2.24) is 19.9 Å². The Morgan fingerprint density at radius 2 is 1.92 bits per heavy atom. The van der Waals surface area contributed by atoms with Crippen LogP contribution in [0.25, 0.3) is 16.9 Å². The number of rotatable bonds is 5. The van der Waals surface area contributed by atoms with E-state index in [0.717, 1.165) is 17.5 Å². The number of nitrogens with one attached hydrogen (secondary N) is 1. The maximum atomic E-state index is 15.3. The second-order valence-electron chi connectivity index (χ2n) is 9.58. The summed E-state index contributed by atoms with van der Waals surface area (Å²) in [5, 5.41) is 17.1. The lowest BCUT2D eigenvalue weighted by Gasteiger charge is -2.28. The Bertz CT molecular complexity index is 1340. The van der Waals surface area contributed by atoms with Crippen molar-refractivity contribution in [2.75, 3.05) is 13.7 Å². The normalized spacial score (nSPS) is 13.8. The van der Waals surface area contributed by atoms with Crippen molar-refractivity contribution in [3.05, 3.63) is 46.0 Å². The van der Waals surface area contributed by atoms with Crippen LogP contribution in [0.1, 0.15) is 80.0 Å². The van der Waals surface area contributed by atoms with E-state index in [4.69, 9.17) is 9.47 Å². The van der Waals surface area contributed by atoms with Crippen LogP contribution in [0.3, 0.4) is 0 Å². The van der Waals surface area contributed by atoms with Crippen LogP contribution in [0.4, 0.5) is 4.39 Å². The fraction of sp³-hybridized carbons (Fsp3) is 0.481. The predicted molar refractivity (Wildman–Crippen MR) is 138 cm³/mol. The van der Waals surface area contributed by atoms with Gasteiger partial charge in [-0.05, 0) is 59.1 Å². The van der Waals surface area contributed by atoms with Gasteiger partial charge in [0.1, 0.15) is 0 Å². The van der Waals surface area contributed by atoms with Crippen molar-refractivity contribution in [1.29, 1.82) is 0 Å². The molecule has 3 heterocycles. The van der Waals surface area contributed by atoms with Crippen LogP contribution < -0.4 is 10.1 Å². The third kappa shape index (κ3) is 5.44. The van der Waals surface area contributed by atoms with E-state index in [1.165, 1.54) is 23.7 Å². The Morgan fingerprint density at radius 1 is 1.24 bits per heavy atom. The molecule has 1 atom stereocenters. The summed E-state index contributed by atoms with van der Waals surface area (Å²) in [4.78, 5) is 29.3. The molecular formula is C27H35FN4O5. The first-order valence-electron chi connectivity index (χ1n) is 12.4. The van der Waals surface area contributed by atoms with Crippen LogP contribution in [0.15, 0.2) is 12.1 Å². The van der Waals surface area contributed by atoms with Crippen molar-refractivity contribution < 1.29 is 28.6 Å². The van der Waals surface area contributed by atoms with E-state index in [1.807, 2.05) is 20.8 Å². The number of carboxylic acids is 1. The number of aromatic nitrogens is 3. The number of aryl methyl sites for hydroxylation is 1. The fourth-order valence-electron chi connectivity index (χ4n) is 4.44. The Hall–Kier alpha value is -3.53. The number of hydrogen-bond donors (Lipinski definition) is 2. The minimum absolute atomic E-state index is 0.0980. The third-order valence-corrected chi connectivity index (χ3v) is 5.94. The number of carbonyl (C=O) groups is 2. The van der Waals surface area contributed by atoms with Crippen molar-refractivity contribution in [2.24, 2.45) is 0 Å². The second kappa shape index (κ2) is 10.8. The SMILES string of the molecule is CC.CNC(=O)c1cc2nc(C)c([C@H](OC(C)(C)C)C(=O)O)c(-c3cc(F)c4c(c3C)CCCO4)n2n1. The first-order valence-corrected chi connectivity index (χ1v) is 12.4. The molecule has 10 heteroatoms. The lowest BCUT2D eigenvalue weighted by atomic mass is 9.91. The van der Waals surface area contributed by atoms with Crippen LogP contribution in [0.5, 0.6) is 5.75 Å². The van der Waals surface area contributed by atoms with E-state index in [9.17, 15) is 14.7 Å². The molecule has 1 amide bonds. The van der Waals surface area contributed by atoms with Gasteiger partial charge in [0, 0.05) is 35.5 Å². The summed E-state index contributed by atoms with van der Waals surface area (Å²) in [5.74, 6) is -1.98. The lowest BCUT2D eigenvalue weighted by molar-refractivity contribution is -0.160. The molecule has 1 aliphatic rings. The van der Waals surface area contributed by atoms with Gasteiger partial charge in [-0.1, -0.05) is 13.8 Å². The summed E-state index contributed by atoms with van der Waals surface area (Å²) in [5.41, 5.74) is 2.45.